The molecule has 0 aromatic heterocycles. The predicted molar refractivity (Wildman–Crippen MR) is 90.7 cm³/mol. The summed E-state index contributed by atoms with van der Waals surface area (Å²) in [6, 6.07) is 8.88. The third-order valence-corrected chi connectivity index (χ3v) is 4.26. The van der Waals surface area contributed by atoms with Gasteiger partial charge in [0.05, 0.1) is 20.6 Å². The first-order valence-electron chi connectivity index (χ1n) is 7.93. The zero-order chi connectivity index (χ0) is 17.9. The van der Waals surface area contributed by atoms with Crippen LogP contribution in [0.2, 0.25) is 0 Å². The van der Waals surface area contributed by atoms with Crippen molar-refractivity contribution in [2.75, 3.05) is 14.2 Å². The van der Waals surface area contributed by atoms with Crippen LogP contribution in [-0.4, -0.2) is 48.6 Å². The second-order valence-electron chi connectivity index (χ2n) is 6.37. The molecule has 1 aromatic rings. The first-order valence-corrected chi connectivity index (χ1v) is 7.93. The van der Waals surface area contributed by atoms with Gasteiger partial charge in [-0.2, -0.15) is 0 Å². The first-order chi connectivity index (χ1) is 11.3. The third-order valence-electron chi connectivity index (χ3n) is 4.26. The molecule has 1 aliphatic heterocycles. The summed E-state index contributed by atoms with van der Waals surface area (Å²) in [5, 5.41) is 0. The number of rotatable bonds is 3. The third kappa shape index (κ3) is 3.13. The van der Waals surface area contributed by atoms with Crippen molar-refractivity contribution in [3.05, 3.63) is 35.9 Å². The lowest BCUT2D eigenvalue weighted by Gasteiger charge is -2.46. The fourth-order valence-electron chi connectivity index (χ4n) is 2.95. The van der Waals surface area contributed by atoms with Crippen LogP contribution in [0.4, 0.5) is 0 Å². The molecule has 0 N–H and O–H groups in total. The Morgan fingerprint density at radius 1 is 1.25 bits per heavy atom. The molecule has 1 aliphatic rings. The van der Waals surface area contributed by atoms with Gasteiger partial charge in [0.1, 0.15) is 11.7 Å². The highest BCUT2D eigenvalue weighted by Gasteiger charge is 2.51. The minimum Gasteiger partial charge on any atom is -0.484 e. The van der Waals surface area contributed by atoms with E-state index >= 15 is 0 Å². The first kappa shape index (κ1) is 18.0. The normalized spacial score (nSPS) is 23.7. The summed E-state index contributed by atoms with van der Waals surface area (Å²) in [6.07, 6.45) is -0.330. The Bertz CT molecular complexity index is 642. The number of carbonyl (C=O) groups excluding carboxylic acids is 2. The van der Waals surface area contributed by atoms with Gasteiger partial charge >= 0.3 is 5.97 Å². The van der Waals surface area contributed by atoms with Crippen molar-refractivity contribution in [3.63, 3.8) is 0 Å². The highest BCUT2D eigenvalue weighted by atomic mass is 16.5. The second-order valence-corrected chi connectivity index (χ2v) is 6.37. The van der Waals surface area contributed by atoms with Gasteiger partial charge in [-0.25, -0.2) is 9.79 Å². The van der Waals surface area contributed by atoms with Crippen molar-refractivity contribution < 1.29 is 19.1 Å². The predicted octanol–water partition coefficient (Wildman–Crippen LogP) is 2.49. The van der Waals surface area contributed by atoms with E-state index in [1.54, 1.807) is 31.2 Å². The van der Waals surface area contributed by atoms with Crippen molar-refractivity contribution >= 4 is 17.8 Å². The van der Waals surface area contributed by atoms with Crippen LogP contribution in [0.5, 0.6) is 0 Å². The summed E-state index contributed by atoms with van der Waals surface area (Å²) in [5.41, 5.74) is -0.668. The van der Waals surface area contributed by atoms with E-state index in [0.29, 0.717) is 11.5 Å². The summed E-state index contributed by atoms with van der Waals surface area (Å²) in [5.74, 6) is -0.284. The van der Waals surface area contributed by atoms with Gasteiger partial charge in [-0.1, -0.05) is 32.0 Å². The molecule has 6 heteroatoms. The van der Waals surface area contributed by atoms with Crippen LogP contribution < -0.4 is 0 Å². The summed E-state index contributed by atoms with van der Waals surface area (Å²) in [6.45, 7) is 5.61. The summed E-state index contributed by atoms with van der Waals surface area (Å²) in [7, 11) is 2.84. The summed E-state index contributed by atoms with van der Waals surface area (Å²) in [4.78, 5) is 31.8. The molecule has 2 rings (SSSR count). The molecule has 24 heavy (non-hydrogen) atoms. The van der Waals surface area contributed by atoms with E-state index < -0.39 is 17.7 Å². The highest BCUT2D eigenvalue weighted by molar-refractivity contribution is 6.00. The molecule has 0 saturated carbocycles. The lowest BCUT2D eigenvalue weighted by molar-refractivity contribution is -0.155. The van der Waals surface area contributed by atoms with E-state index in [1.165, 1.54) is 19.1 Å². The number of hydrogen-bond donors (Lipinski definition) is 0. The minimum absolute atomic E-state index is 0.00657. The maximum Gasteiger partial charge on any atom is 0.332 e. The van der Waals surface area contributed by atoms with Crippen LogP contribution in [0.1, 0.15) is 37.6 Å². The Morgan fingerprint density at radius 3 is 2.38 bits per heavy atom. The zero-order valence-corrected chi connectivity index (χ0v) is 14.8. The Kier molecular flexibility index (Phi) is 5.26. The molecule has 6 nitrogen and oxygen atoms in total. The smallest absolute Gasteiger partial charge is 0.332 e. The van der Waals surface area contributed by atoms with E-state index in [9.17, 15) is 9.59 Å². The van der Waals surface area contributed by atoms with Crippen molar-refractivity contribution in [2.24, 2.45) is 10.9 Å². The number of esters is 1. The number of amides is 1. The standard InChI is InChI=1S/C18H24N2O4/c1-12(2)15-19-14(23-4)11-18(3,17(22)24-5)20(15)16(21)13-9-7-6-8-10-13/h6-10,12,15H,11H2,1-5H3/t15-,18-/m0/s1. The van der Waals surface area contributed by atoms with Crippen molar-refractivity contribution in [3.8, 4) is 0 Å². The van der Waals surface area contributed by atoms with E-state index in [0.717, 1.165) is 0 Å². The molecule has 2 atom stereocenters. The average Bonchev–Trinajstić information content (AvgIpc) is 2.60. The average molecular weight is 332 g/mol. The minimum atomic E-state index is -1.18. The van der Waals surface area contributed by atoms with Crippen molar-refractivity contribution in [1.82, 2.24) is 4.90 Å². The summed E-state index contributed by atoms with van der Waals surface area (Å²) < 4.78 is 10.3. The number of benzene rings is 1. The molecular weight excluding hydrogens is 308 g/mol. The number of ether oxygens (including phenoxy) is 2. The van der Waals surface area contributed by atoms with E-state index in [-0.39, 0.29) is 18.2 Å². The van der Waals surface area contributed by atoms with Gasteiger partial charge < -0.3 is 9.47 Å². The molecular formula is C18H24N2O4. The number of aliphatic imine (C=N–C) groups is 1. The fraction of sp³-hybridized carbons (Fsp3) is 0.500. The van der Waals surface area contributed by atoms with Gasteiger partial charge in [0.15, 0.2) is 5.90 Å². The number of carbonyl (C=O) groups is 2. The molecule has 1 amide bonds. The van der Waals surface area contributed by atoms with Gasteiger partial charge in [-0.05, 0) is 25.0 Å². The van der Waals surface area contributed by atoms with Gasteiger partial charge in [-0.15, -0.1) is 0 Å². The van der Waals surface area contributed by atoms with Gasteiger partial charge in [0, 0.05) is 5.56 Å². The fourth-order valence-corrected chi connectivity index (χ4v) is 2.95. The highest BCUT2D eigenvalue weighted by Crippen LogP contribution is 2.34. The van der Waals surface area contributed by atoms with Crippen LogP contribution in [0.15, 0.2) is 35.3 Å². The molecule has 0 bridgehead atoms. The molecule has 0 radical (unpaired) electrons. The summed E-state index contributed by atoms with van der Waals surface area (Å²) >= 11 is 0. The van der Waals surface area contributed by atoms with Gasteiger partial charge in [0.25, 0.3) is 5.91 Å². The Labute approximate surface area is 142 Å². The van der Waals surface area contributed by atoms with Gasteiger partial charge in [0.2, 0.25) is 0 Å². The van der Waals surface area contributed by atoms with Crippen LogP contribution >= 0.6 is 0 Å². The maximum atomic E-state index is 13.2. The number of nitrogens with zero attached hydrogens (tertiary/aromatic N) is 2. The Balaban J connectivity index is 2.57. The van der Waals surface area contributed by atoms with Crippen LogP contribution in [-0.2, 0) is 14.3 Å². The Hall–Kier alpha value is -2.37. The van der Waals surface area contributed by atoms with E-state index in [1.807, 2.05) is 19.9 Å². The zero-order valence-electron chi connectivity index (χ0n) is 14.8. The second kappa shape index (κ2) is 7.03. The van der Waals surface area contributed by atoms with Gasteiger partial charge in [-0.3, -0.25) is 9.69 Å². The Morgan fingerprint density at radius 2 is 1.88 bits per heavy atom. The van der Waals surface area contributed by atoms with Crippen LogP contribution in [0.3, 0.4) is 0 Å². The molecule has 1 heterocycles. The molecule has 0 saturated heterocycles. The lowest BCUT2D eigenvalue weighted by atomic mass is 9.89. The van der Waals surface area contributed by atoms with Crippen molar-refractivity contribution in [1.29, 1.82) is 0 Å². The number of hydrogen-bond acceptors (Lipinski definition) is 5. The SMILES string of the molecule is COC(=O)[C@]1(C)CC(OC)=N[C@H](C(C)C)N1C(=O)c1ccccc1. The molecule has 0 fully saturated rings. The monoisotopic (exact) mass is 332 g/mol. The van der Waals surface area contributed by atoms with Crippen LogP contribution in [0.25, 0.3) is 0 Å². The molecule has 130 valence electrons. The molecule has 0 aliphatic carbocycles. The maximum absolute atomic E-state index is 13.2. The molecule has 0 spiro atoms. The van der Waals surface area contributed by atoms with Crippen LogP contribution in [0, 0.1) is 5.92 Å². The van der Waals surface area contributed by atoms with E-state index in [2.05, 4.69) is 4.99 Å². The number of methoxy groups -OCH3 is 2. The lowest BCUT2D eigenvalue weighted by Crippen LogP contribution is -2.63. The molecule has 1 aromatic carbocycles. The van der Waals surface area contributed by atoms with Crippen molar-refractivity contribution in [2.45, 2.75) is 38.9 Å². The quantitative estimate of drug-likeness (QED) is 0.798. The van der Waals surface area contributed by atoms with E-state index in [4.69, 9.17) is 9.47 Å². The topological polar surface area (TPSA) is 68.2 Å². The largest absolute Gasteiger partial charge is 0.484 e. The molecule has 0 unspecified atom stereocenters.